The smallest absolute Gasteiger partial charge is 0.294 e. The highest BCUT2D eigenvalue weighted by atomic mass is 19.3. The number of hydrogen-bond donors (Lipinski definition) is 5. The number of ether oxygens (including phenoxy) is 2. The highest BCUT2D eigenvalue weighted by Gasteiger charge is 2.43. The lowest BCUT2D eigenvalue weighted by atomic mass is 9.89. The van der Waals surface area contributed by atoms with E-state index in [9.17, 15) is 18.7 Å². The molecule has 0 bridgehead atoms. The SMILES string of the molecule is NCC(F)(F)C(O)C(=O)NC1CC(N)CC(OC2CCC(CO)O2)C1. The van der Waals surface area contributed by atoms with E-state index in [0.717, 1.165) is 0 Å². The van der Waals surface area contributed by atoms with Crippen molar-refractivity contribution in [3.8, 4) is 0 Å². The summed E-state index contributed by atoms with van der Waals surface area (Å²) in [5.74, 6) is -4.86. The monoisotopic (exact) mass is 367 g/mol. The standard InChI is InChI=1S/C15H27F2N3O5/c16-15(17,7-18)13(22)14(23)20-9-3-8(19)4-11(5-9)25-12-2-1-10(6-21)24-12/h8-13,21-22H,1-7,18-19H2,(H,20,23). The third-order valence-corrected chi connectivity index (χ3v) is 4.58. The molecule has 0 aromatic rings. The van der Waals surface area contributed by atoms with Crippen LogP contribution in [0.5, 0.6) is 0 Å². The lowest BCUT2D eigenvalue weighted by Gasteiger charge is -2.35. The molecule has 7 N–H and O–H groups in total. The maximum atomic E-state index is 13.3. The first-order chi connectivity index (χ1) is 11.7. The van der Waals surface area contributed by atoms with Gasteiger partial charge in [0.05, 0.1) is 25.4 Å². The summed E-state index contributed by atoms with van der Waals surface area (Å²) >= 11 is 0. The quantitative estimate of drug-likeness (QED) is 0.381. The van der Waals surface area contributed by atoms with E-state index in [1.807, 2.05) is 0 Å². The number of alkyl halides is 2. The molecular weight excluding hydrogens is 340 g/mol. The van der Waals surface area contributed by atoms with Gasteiger partial charge in [-0.25, -0.2) is 8.78 Å². The minimum atomic E-state index is -3.69. The molecule has 0 radical (unpaired) electrons. The molecule has 1 saturated heterocycles. The van der Waals surface area contributed by atoms with Crippen LogP contribution in [0.4, 0.5) is 8.78 Å². The van der Waals surface area contributed by atoms with Gasteiger partial charge >= 0.3 is 0 Å². The summed E-state index contributed by atoms with van der Waals surface area (Å²) in [4.78, 5) is 11.8. The van der Waals surface area contributed by atoms with Crippen molar-refractivity contribution in [1.29, 1.82) is 0 Å². The van der Waals surface area contributed by atoms with Crippen molar-refractivity contribution in [2.75, 3.05) is 13.2 Å². The van der Waals surface area contributed by atoms with E-state index in [-0.39, 0.29) is 24.9 Å². The molecular formula is C15H27F2N3O5. The van der Waals surface area contributed by atoms with Gasteiger partial charge in [0, 0.05) is 18.5 Å². The molecule has 0 spiro atoms. The van der Waals surface area contributed by atoms with Gasteiger partial charge in [-0.2, -0.15) is 0 Å². The van der Waals surface area contributed by atoms with E-state index in [4.69, 9.17) is 26.0 Å². The van der Waals surface area contributed by atoms with Gasteiger partial charge in [-0.15, -0.1) is 0 Å². The van der Waals surface area contributed by atoms with Gasteiger partial charge in [-0.3, -0.25) is 4.79 Å². The number of nitrogens with one attached hydrogen (secondary N) is 1. The van der Waals surface area contributed by atoms with Crippen LogP contribution in [0.25, 0.3) is 0 Å². The summed E-state index contributed by atoms with van der Waals surface area (Å²) in [5, 5.41) is 20.9. The third-order valence-electron chi connectivity index (χ3n) is 4.58. The van der Waals surface area contributed by atoms with E-state index < -0.39 is 36.8 Å². The number of hydrogen-bond acceptors (Lipinski definition) is 7. The summed E-state index contributed by atoms with van der Waals surface area (Å²) in [7, 11) is 0. The van der Waals surface area contributed by atoms with E-state index in [2.05, 4.69) is 5.32 Å². The molecule has 0 aromatic carbocycles. The zero-order valence-corrected chi connectivity index (χ0v) is 13.9. The Balaban J connectivity index is 1.86. The Hall–Kier alpha value is -0.910. The Morgan fingerprint density at radius 2 is 2.08 bits per heavy atom. The van der Waals surface area contributed by atoms with Crippen LogP contribution in [-0.4, -0.2) is 71.9 Å². The van der Waals surface area contributed by atoms with Crippen molar-refractivity contribution in [3.05, 3.63) is 0 Å². The van der Waals surface area contributed by atoms with Crippen LogP contribution in [0.15, 0.2) is 0 Å². The second-order valence-corrected chi connectivity index (χ2v) is 6.75. The largest absolute Gasteiger partial charge is 0.394 e. The van der Waals surface area contributed by atoms with Crippen LogP contribution in [0.3, 0.4) is 0 Å². The third kappa shape index (κ3) is 5.53. The van der Waals surface area contributed by atoms with E-state index in [0.29, 0.717) is 32.1 Å². The molecule has 6 unspecified atom stereocenters. The summed E-state index contributed by atoms with van der Waals surface area (Å²) < 4.78 is 38.0. The lowest BCUT2D eigenvalue weighted by molar-refractivity contribution is -0.176. The van der Waals surface area contributed by atoms with Gasteiger partial charge in [0.1, 0.15) is 0 Å². The summed E-state index contributed by atoms with van der Waals surface area (Å²) in [6.45, 7) is -1.20. The fraction of sp³-hybridized carbons (Fsp3) is 0.933. The van der Waals surface area contributed by atoms with Crippen LogP contribution in [0.2, 0.25) is 0 Å². The van der Waals surface area contributed by atoms with Crippen molar-refractivity contribution < 1.29 is 33.3 Å². The Kier molecular flexibility index (Phi) is 7.06. The molecule has 10 heteroatoms. The molecule has 1 aliphatic heterocycles. The van der Waals surface area contributed by atoms with Crippen molar-refractivity contribution in [3.63, 3.8) is 0 Å². The fourth-order valence-electron chi connectivity index (χ4n) is 3.24. The average Bonchev–Trinajstić information content (AvgIpc) is 3.01. The van der Waals surface area contributed by atoms with Crippen molar-refractivity contribution in [2.45, 2.75) is 74.7 Å². The number of halogens is 2. The van der Waals surface area contributed by atoms with Crippen molar-refractivity contribution >= 4 is 5.91 Å². The number of aliphatic hydroxyl groups excluding tert-OH is 2. The van der Waals surface area contributed by atoms with E-state index >= 15 is 0 Å². The second kappa shape index (κ2) is 8.65. The number of rotatable bonds is 7. The van der Waals surface area contributed by atoms with Crippen LogP contribution in [0, 0.1) is 0 Å². The Morgan fingerprint density at radius 3 is 2.68 bits per heavy atom. The van der Waals surface area contributed by atoms with Crippen LogP contribution < -0.4 is 16.8 Å². The van der Waals surface area contributed by atoms with Gasteiger partial charge in [0.25, 0.3) is 11.8 Å². The zero-order chi connectivity index (χ0) is 18.6. The molecule has 6 atom stereocenters. The molecule has 8 nitrogen and oxygen atoms in total. The normalized spacial score (nSPS) is 34.7. The van der Waals surface area contributed by atoms with E-state index in [1.54, 1.807) is 0 Å². The Morgan fingerprint density at radius 1 is 1.36 bits per heavy atom. The summed E-state index contributed by atoms with van der Waals surface area (Å²) in [5.41, 5.74) is 10.8. The molecule has 146 valence electrons. The number of nitrogens with two attached hydrogens (primary N) is 2. The summed E-state index contributed by atoms with van der Waals surface area (Å²) in [6.07, 6.45) is -0.820. The molecule has 1 heterocycles. The number of aliphatic hydroxyl groups is 2. The maximum absolute atomic E-state index is 13.3. The van der Waals surface area contributed by atoms with Gasteiger partial charge in [0.15, 0.2) is 12.4 Å². The first kappa shape index (κ1) is 20.4. The number of carbonyl (C=O) groups excluding carboxylic acids is 1. The highest BCUT2D eigenvalue weighted by Crippen LogP contribution is 2.27. The molecule has 1 aliphatic carbocycles. The maximum Gasteiger partial charge on any atom is 0.294 e. The average molecular weight is 367 g/mol. The molecule has 0 aromatic heterocycles. The van der Waals surface area contributed by atoms with Crippen LogP contribution >= 0.6 is 0 Å². The lowest BCUT2D eigenvalue weighted by Crippen LogP contribution is -2.55. The van der Waals surface area contributed by atoms with Gasteiger partial charge in [0.2, 0.25) is 0 Å². The highest BCUT2D eigenvalue weighted by molar-refractivity contribution is 5.81. The Bertz CT molecular complexity index is 457. The van der Waals surface area contributed by atoms with Gasteiger partial charge in [-0.1, -0.05) is 0 Å². The zero-order valence-electron chi connectivity index (χ0n) is 13.9. The minimum Gasteiger partial charge on any atom is -0.394 e. The molecule has 2 aliphatic rings. The summed E-state index contributed by atoms with van der Waals surface area (Å²) in [6, 6.07) is -0.759. The van der Waals surface area contributed by atoms with Crippen LogP contribution in [-0.2, 0) is 14.3 Å². The molecule has 25 heavy (non-hydrogen) atoms. The molecule has 2 fully saturated rings. The second-order valence-electron chi connectivity index (χ2n) is 6.75. The number of amides is 1. The van der Waals surface area contributed by atoms with Crippen molar-refractivity contribution in [1.82, 2.24) is 5.32 Å². The molecule has 2 rings (SSSR count). The minimum absolute atomic E-state index is 0.0734. The molecule has 1 saturated carbocycles. The fourth-order valence-corrected chi connectivity index (χ4v) is 3.24. The molecule has 1 amide bonds. The van der Waals surface area contributed by atoms with Crippen LogP contribution in [0.1, 0.15) is 32.1 Å². The van der Waals surface area contributed by atoms with E-state index in [1.165, 1.54) is 0 Å². The topological polar surface area (TPSA) is 140 Å². The van der Waals surface area contributed by atoms with Crippen molar-refractivity contribution in [2.24, 2.45) is 11.5 Å². The first-order valence-corrected chi connectivity index (χ1v) is 8.48. The predicted octanol–water partition coefficient (Wildman–Crippen LogP) is -1.18. The predicted molar refractivity (Wildman–Crippen MR) is 83.6 cm³/mol. The first-order valence-electron chi connectivity index (χ1n) is 8.48. The van der Waals surface area contributed by atoms with Gasteiger partial charge in [-0.05, 0) is 25.7 Å². The van der Waals surface area contributed by atoms with Gasteiger partial charge < -0.3 is 36.5 Å². The Labute approximate surface area is 144 Å². The number of carbonyl (C=O) groups is 1.